The van der Waals surface area contributed by atoms with Gasteiger partial charge in [0.1, 0.15) is 0 Å². The van der Waals surface area contributed by atoms with E-state index in [-0.39, 0.29) is 0 Å². The van der Waals surface area contributed by atoms with Gasteiger partial charge in [0, 0.05) is 0 Å². The molecule has 0 amide bonds. The lowest BCUT2D eigenvalue weighted by atomic mass is 9.83. The average Bonchev–Trinajstić information content (AvgIpc) is 2.95. The first-order valence-electron chi connectivity index (χ1n) is 14.1. The number of aryl methyl sites for hydroxylation is 4. The van der Waals surface area contributed by atoms with Gasteiger partial charge in [0.15, 0.2) is 0 Å². The highest BCUT2D eigenvalue weighted by atomic mass is 14.2. The minimum absolute atomic E-state index is 0.956. The highest BCUT2D eigenvalue weighted by Gasteiger charge is 2.18. The highest BCUT2D eigenvalue weighted by Crippen LogP contribution is 2.39. The molecule has 0 unspecified atom stereocenters. The van der Waals surface area contributed by atoms with E-state index in [1.807, 2.05) is 0 Å². The van der Waals surface area contributed by atoms with Gasteiger partial charge in [-0.15, -0.1) is 0 Å². The molecule has 6 aromatic carbocycles. The summed E-state index contributed by atoms with van der Waals surface area (Å²) in [5.41, 5.74) is 8.86. The molecule has 0 heterocycles. The van der Waals surface area contributed by atoms with Gasteiger partial charge >= 0.3 is 0 Å². The SMILES string of the molecule is CCc1c2ccccc2c(CC)c2c(Cc3cccc4c(CC)c5ccccc5c(CC)c34)cccc12. The van der Waals surface area contributed by atoms with Gasteiger partial charge in [-0.1, -0.05) is 113 Å². The van der Waals surface area contributed by atoms with Crippen molar-refractivity contribution >= 4 is 43.1 Å². The molecule has 184 valence electrons. The fourth-order valence-electron chi connectivity index (χ4n) is 6.99. The largest absolute Gasteiger partial charge is 0.0616 e. The minimum atomic E-state index is 0.956. The summed E-state index contributed by atoms with van der Waals surface area (Å²) in [6.45, 7) is 9.23. The quantitative estimate of drug-likeness (QED) is 0.208. The van der Waals surface area contributed by atoms with E-state index in [1.165, 1.54) is 76.5 Å². The first-order chi connectivity index (χ1) is 18.2. The lowest BCUT2D eigenvalue weighted by molar-refractivity contribution is 1.13. The molecule has 0 bridgehead atoms. The molecule has 0 radical (unpaired) electrons. The minimum Gasteiger partial charge on any atom is -0.0616 e. The summed E-state index contributed by atoms with van der Waals surface area (Å²) in [6, 6.07) is 32.1. The molecular formula is C37H36. The maximum absolute atomic E-state index is 2.38. The molecule has 0 saturated carbocycles. The summed E-state index contributed by atoms with van der Waals surface area (Å²) in [5, 5.41) is 11.5. The van der Waals surface area contributed by atoms with Gasteiger partial charge in [-0.25, -0.2) is 0 Å². The maximum Gasteiger partial charge on any atom is -0.00132 e. The van der Waals surface area contributed by atoms with Gasteiger partial charge in [-0.05, 0) is 109 Å². The zero-order chi connectivity index (χ0) is 25.5. The molecule has 6 aromatic rings. The van der Waals surface area contributed by atoms with Gasteiger partial charge in [0.05, 0.1) is 0 Å². The molecule has 6 rings (SSSR count). The molecule has 0 atom stereocenters. The molecule has 0 aromatic heterocycles. The predicted octanol–water partition coefficient (Wildman–Crippen LogP) is 10.1. The molecule has 0 aliphatic heterocycles. The van der Waals surface area contributed by atoms with Gasteiger partial charge in [0.25, 0.3) is 0 Å². The summed E-state index contributed by atoms with van der Waals surface area (Å²) in [7, 11) is 0. The predicted molar refractivity (Wildman–Crippen MR) is 163 cm³/mol. The summed E-state index contributed by atoms with van der Waals surface area (Å²) >= 11 is 0. The lowest BCUT2D eigenvalue weighted by Gasteiger charge is -2.20. The molecule has 0 spiro atoms. The molecule has 0 saturated heterocycles. The van der Waals surface area contributed by atoms with E-state index in [9.17, 15) is 0 Å². The van der Waals surface area contributed by atoms with Crippen LogP contribution in [0.15, 0.2) is 84.9 Å². The monoisotopic (exact) mass is 480 g/mol. The number of hydrogen-bond acceptors (Lipinski definition) is 0. The molecule has 0 N–H and O–H groups in total. The summed E-state index contributed by atoms with van der Waals surface area (Å²) < 4.78 is 0. The average molecular weight is 481 g/mol. The Morgan fingerprint density at radius 2 is 0.676 bits per heavy atom. The second-order valence-electron chi connectivity index (χ2n) is 10.3. The van der Waals surface area contributed by atoms with E-state index in [0.717, 1.165) is 32.1 Å². The Labute approximate surface area is 220 Å². The van der Waals surface area contributed by atoms with Crippen LogP contribution < -0.4 is 0 Å². The van der Waals surface area contributed by atoms with Crippen LogP contribution in [0.5, 0.6) is 0 Å². The lowest BCUT2D eigenvalue weighted by Crippen LogP contribution is -2.01. The first kappa shape index (κ1) is 23.7. The van der Waals surface area contributed by atoms with E-state index < -0.39 is 0 Å². The van der Waals surface area contributed by atoms with Gasteiger partial charge in [-0.3, -0.25) is 0 Å². The van der Waals surface area contributed by atoms with Crippen molar-refractivity contribution in [1.29, 1.82) is 0 Å². The van der Waals surface area contributed by atoms with Crippen molar-refractivity contribution in [3.63, 3.8) is 0 Å². The molecule has 0 nitrogen and oxygen atoms in total. The zero-order valence-electron chi connectivity index (χ0n) is 22.6. The molecule has 0 aliphatic rings. The van der Waals surface area contributed by atoms with Crippen LogP contribution in [0.1, 0.15) is 61.1 Å². The normalized spacial score (nSPS) is 11.8. The number of hydrogen-bond donors (Lipinski definition) is 0. The summed E-state index contributed by atoms with van der Waals surface area (Å²) in [4.78, 5) is 0. The van der Waals surface area contributed by atoms with E-state index in [0.29, 0.717) is 0 Å². The van der Waals surface area contributed by atoms with E-state index in [1.54, 1.807) is 0 Å². The van der Waals surface area contributed by atoms with Crippen LogP contribution in [0.2, 0.25) is 0 Å². The van der Waals surface area contributed by atoms with Crippen LogP contribution in [-0.2, 0) is 32.1 Å². The van der Waals surface area contributed by atoms with Crippen molar-refractivity contribution in [1.82, 2.24) is 0 Å². The fraction of sp³-hybridized carbons (Fsp3) is 0.243. The van der Waals surface area contributed by atoms with Gasteiger partial charge in [-0.2, -0.15) is 0 Å². The van der Waals surface area contributed by atoms with Crippen LogP contribution in [0.25, 0.3) is 43.1 Å². The van der Waals surface area contributed by atoms with Crippen molar-refractivity contribution in [3.05, 3.63) is 118 Å². The molecular weight excluding hydrogens is 444 g/mol. The van der Waals surface area contributed by atoms with Crippen LogP contribution in [0.3, 0.4) is 0 Å². The smallest absolute Gasteiger partial charge is 0.00132 e. The first-order valence-corrected chi connectivity index (χ1v) is 14.1. The van der Waals surface area contributed by atoms with Crippen molar-refractivity contribution in [3.8, 4) is 0 Å². The Morgan fingerprint density at radius 1 is 0.351 bits per heavy atom. The number of fused-ring (bicyclic) bond motifs is 4. The van der Waals surface area contributed by atoms with Crippen molar-refractivity contribution in [2.45, 2.75) is 59.8 Å². The second kappa shape index (κ2) is 9.67. The van der Waals surface area contributed by atoms with Crippen molar-refractivity contribution in [2.75, 3.05) is 0 Å². The zero-order valence-corrected chi connectivity index (χ0v) is 22.6. The number of rotatable bonds is 6. The Hall–Kier alpha value is -3.64. The molecule has 0 fully saturated rings. The van der Waals surface area contributed by atoms with Gasteiger partial charge < -0.3 is 0 Å². The summed E-state index contributed by atoms with van der Waals surface area (Å²) in [5.74, 6) is 0. The third-order valence-electron chi connectivity index (χ3n) is 8.51. The van der Waals surface area contributed by atoms with Crippen LogP contribution >= 0.6 is 0 Å². The van der Waals surface area contributed by atoms with Crippen LogP contribution in [0.4, 0.5) is 0 Å². The van der Waals surface area contributed by atoms with Gasteiger partial charge in [0.2, 0.25) is 0 Å². The third kappa shape index (κ3) is 3.65. The fourth-order valence-corrected chi connectivity index (χ4v) is 6.99. The van der Waals surface area contributed by atoms with E-state index in [2.05, 4.69) is 113 Å². The van der Waals surface area contributed by atoms with Crippen molar-refractivity contribution in [2.24, 2.45) is 0 Å². The maximum atomic E-state index is 2.38. The van der Waals surface area contributed by atoms with Crippen molar-refractivity contribution < 1.29 is 0 Å². The Kier molecular flexibility index (Phi) is 6.21. The summed E-state index contributed by atoms with van der Waals surface area (Å²) in [6.07, 6.45) is 5.13. The van der Waals surface area contributed by atoms with Crippen LogP contribution in [0, 0.1) is 0 Å². The van der Waals surface area contributed by atoms with E-state index in [4.69, 9.17) is 0 Å². The molecule has 0 aliphatic carbocycles. The Bertz CT molecular complexity index is 1650. The molecule has 37 heavy (non-hydrogen) atoms. The standard InChI is InChI=1S/C37H36/c1-5-26-30-17-9-11-19-32(30)28(7-3)36-24(15-13-21-34(26)36)23-25-16-14-22-35-27(6-2)31-18-10-12-20-33(31)29(8-4)37(25)35/h9-22H,5-8,23H2,1-4H3. The Balaban J connectivity index is 1.68. The van der Waals surface area contributed by atoms with Crippen LogP contribution in [-0.4, -0.2) is 0 Å². The molecule has 0 heteroatoms. The topological polar surface area (TPSA) is 0 Å². The highest BCUT2D eigenvalue weighted by molar-refractivity contribution is 6.09. The van der Waals surface area contributed by atoms with E-state index >= 15 is 0 Å². The second-order valence-corrected chi connectivity index (χ2v) is 10.3. The Morgan fingerprint density at radius 3 is 1.03 bits per heavy atom. The third-order valence-corrected chi connectivity index (χ3v) is 8.51. The number of benzene rings is 6.